The maximum absolute atomic E-state index is 12.6. The average Bonchev–Trinajstić information content (AvgIpc) is 2.71. The fourth-order valence-corrected chi connectivity index (χ4v) is 3.27. The molecule has 0 saturated carbocycles. The summed E-state index contributed by atoms with van der Waals surface area (Å²) in [5.41, 5.74) is 1.39. The fraction of sp³-hybridized carbons (Fsp3) is 0.130. The summed E-state index contributed by atoms with van der Waals surface area (Å²) in [5, 5.41) is 2.23. The van der Waals surface area contributed by atoms with Crippen molar-refractivity contribution in [1.82, 2.24) is 0 Å². The smallest absolute Gasteiger partial charge is 0.344 e. The number of Topliss-reactive ketones (excluding diaryl/α,β-unsaturated/α-hetero) is 1. The van der Waals surface area contributed by atoms with Gasteiger partial charge in [0, 0.05) is 16.5 Å². The first-order valence-corrected chi connectivity index (χ1v) is 8.77. The van der Waals surface area contributed by atoms with E-state index in [1.54, 1.807) is 25.1 Å². The summed E-state index contributed by atoms with van der Waals surface area (Å²) in [7, 11) is 0. The molecule has 4 nitrogen and oxygen atoms in total. The Morgan fingerprint density at radius 3 is 2.30 bits per heavy atom. The zero-order valence-corrected chi connectivity index (χ0v) is 15.1. The van der Waals surface area contributed by atoms with Crippen LogP contribution < -0.4 is 10.4 Å². The summed E-state index contributed by atoms with van der Waals surface area (Å²) in [6, 6.07) is 20.1. The second-order valence-corrected chi connectivity index (χ2v) is 6.49. The van der Waals surface area contributed by atoms with Crippen LogP contribution in [0.1, 0.15) is 22.8 Å². The Bertz CT molecular complexity index is 1210. The van der Waals surface area contributed by atoms with Gasteiger partial charge in [0.25, 0.3) is 0 Å². The molecular formula is C23H18O4. The van der Waals surface area contributed by atoms with Gasteiger partial charge in [0.1, 0.15) is 11.3 Å². The summed E-state index contributed by atoms with van der Waals surface area (Å²) in [6.07, 6.45) is -0.657. The molecule has 27 heavy (non-hydrogen) atoms. The maximum Gasteiger partial charge on any atom is 0.344 e. The van der Waals surface area contributed by atoms with Gasteiger partial charge < -0.3 is 9.15 Å². The van der Waals surface area contributed by atoms with Crippen molar-refractivity contribution in [3.05, 3.63) is 88.3 Å². The van der Waals surface area contributed by atoms with Gasteiger partial charge in [0.15, 0.2) is 6.10 Å². The van der Waals surface area contributed by atoms with Crippen LogP contribution in [-0.4, -0.2) is 11.9 Å². The van der Waals surface area contributed by atoms with Crippen LogP contribution in [0.4, 0.5) is 0 Å². The number of fused-ring (bicyclic) bond motifs is 3. The molecule has 0 unspecified atom stereocenters. The predicted octanol–water partition coefficient (Wildman–Crippen LogP) is 4.90. The Balaban J connectivity index is 1.75. The molecule has 0 amide bonds. The van der Waals surface area contributed by atoms with E-state index in [4.69, 9.17) is 9.15 Å². The number of ketones is 1. The molecule has 0 radical (unpaired) electrons. The van der Waals surface area contributed by atoms with Crippen molar-refractivity contribution in [2.45, 2.75) is 20.0 Å². The number of carbonyl (C=O) groups is 1. The number of carbonyl (C=O) groups excluding carboxylic acids is 1. The summed E-state index contributed by atoms with van der Waals surface area (Å²) < 4.78 is 11.5. The molecule has 0 N–H and O–H groups in total. The van der Waals surface area contributed by atoms with Crippen molar-refractivity contribution in [2.75, 3.05) is 0 Å². The largest absolute Gasteiger partial charge is 0.482 e. The van der Waals surface area contributed by atoms with E-state index in [0.717, 1.165) is 10.8 Å². The topological polar surface area (TPSA) is 56.5 Å². The Kier molecular flexibility index (Phi) is 4.24. The van der Waals surface area contributed by atoms with Crippen molar-refractivity contribution in [3.63, 3.8) is 0 Å². The van der Waals surface area contributed by atoms with Crippen LogP contribution in [0.2, 0.25) is 0 Å². The van der Waals surface area contributed by atoms with Crippen LogP contribution in [0.3, 0.4) is 0 Å². The number of aryl methyl sites for hydroxylation is 1. The van der Waals surface area contributed by atoms with Crippen molar-refractivity contribution < 1.29 is 13.9 Å². The van der Waals surface area contributed by atoms with E-state index >= 15 is 0 Å². The molecule has 1 heterocycles. The highest BCUT2D eigenvalue weighted by Gasteiger charge is 2.19. The lowest BCUT2D eigenvalue weighted by Crippen LogP contribution is -2.24. The van der Waals surface area contributed by atoms with E-state index in [-0.39, 0.29) is 11.4 Å². The van der Waals surface area contributed by atoms with Crippen LogP contribution in [0.25, 0.3) is 21.7 Å². The first-order valence-electron chi connectivity index (χ1n) is 8.77. The zero-order chi connectivity index (χ0) is 19.0. The molecule has 0 spiro atoms. The van der Waals surface area contributed by atoms with E-state index in [0.29, 0.717) is 27.8 Å². The normalized spacial score (nSPS) is 12.2. The van der Waals surface area contributed by atoms with E-state index < -0.39 is 6.10 Å². The average molecular weight is 358 g/mol. The molecule has 0 aliphatic rings. The molecule has 4 rings (SSSR count). The van der Waals surface area contributed by atoms with Gasteiger partial charge in [-0.2, -0.15) is 0 Å². The SMILES string of the molecule is Cc1c(O[C@H](C)C(=O)c2ccccc2)ccc2c1oc(=O)c1ccccc12. The highest BCUT2D eigenvalue weighted by Crippen LogP contribution is 2.31. The molecule has 4 heteroatoms. The second kappa shape index (κ2) is 6.72. The standard InChI is InChI=1S/C23H18O4/c1-14-20(26-15(2)21(24)16-8-4-3-5-9-16)13-12-18-17-10-6-7-11-19(17)23(25)27-22(14)18/h3-13,15H,1-2H3/t15-/m1/s1. The number of hydrogen-bond acceptors (Lipinski definition) is 4. The quantitative estimate of drug-likeness (QED) is 0.296. The highest BCUT2D eigenvalue weighted by atomic mass is 16.5. The molecule has 0 aliphatic carbocycles. The zero-order valence-electron chi connectivity index (χ0n) is 15.1. The fourth-order valence-electron chi connectivity index (χ4n) is 3.27. The van der Waals surface area contributed by atoms with Crippen molar-refractivity contribution in [2.24, 2.45) is 0 Å². The van der Waals surface area contributed by atoms with Gasteiger partial charge >= 0.3 is 5.63 Å². The lowest BCUT2D eigenvalue weighted by atomic mass is 10.0. The number of hydrogen-bond donors (Lipinski definition) is 0. The molecule has 0 aliphatic heterocycles. The first kappa shape index (κ1) is 17.0. The molecule has 0 saturated heterocycles. The number of ether oxygens (including phenoxy) is 1. The van der Waals surface area contributed by atoms with Crippen LogP contribution in [0.5, 0.6) is 5.75 Å². The van der Waals surface area contributed by atoms with Gasteiger partial charge in [0.2, 0.25) is 5.78 Å². The maximum atomic E-state index is 12.6. The Morgan fingerprint density at radius 2 is 1.56 bits per heavy atom. The van der Waals surface area contributed by atoms with E-state index in [1.807, 2.05) is 55.5 Å². The number of rotatable bonds is 4. The van der Waals surface area contributed by atoms with Gasteiger partial charge in [-0.3, -0.25) is 4.79 Å². The van der Waals surface area contributed by atoms with E-state index in [2.05, 4.69) is 0 Å². The Hall–Kier alpha value is -3.40. The van der Waals surface area contributed by atoms with Gasteiger partial charge in [0.05, 0.1) is 5.39 Å². The van der Waals surface area contributed by atoms with Crippen molar-refractivity contribution in [3.8, 4) is 5.75 Å². The van der Waals surface area contributed by atoms with Crippen LogP contribution in [0.15, 0.2) is 75.9 Å². The third kappa shape index (κ3) is 2.99. The van der Waals surface area contributed by atoms with Gasteiger partial charge in [-0.05, 0) is 37.4 Å². The van der Waals surface area contributed by atoms with E-state index in [1.165, 1.54) is 0 Å². The summed E-state index contributed by atoms with van der Waals surface area (Å²) >= 11 is 0. The van der Waals surface area contributed by atoms with Gasteiger partial charge in [-0.25, -0.2) is 4.79 Å². The molecular weight excluding hydrogens is 340 g/mol. The highest BCUT2D eigenvalue weighted by molar-refractivity contribution is 6.05. The lowest BCUT2D eigenvalue weighted by molar-refractivity contribution is 0.0817. The van der Waals surface area contributed by atoms with Crippen molar-refractivity contribution >= 4 is 27.5 Å². The van der Waals surface area contributed by atoms with Crippen LogP contribution in [-0.2, 0) is 0 Å². The molecule has 1 aromatic heterocycles. The Morgan fingerprint density at radius 1 is 0.889 bits per heavy atom. The van der Waals surface area contributed by atoms with Crippen molar-refractivity contribution in [1.29, 1.82) is 0 Å². The predicted molar refractivity (Wildman–Crippen MR) is 106 cm³/mol. The third-order valence-electron chi connectivity index (χ3n) is 4.72. The monoisotopic (exact) mass is 358 g/mol. The molecule has 4 aromatic rings. The minimum Gasteiger partial charge on any atom is -0.482 e. The minimum absolute atomic E-state index is 0.102. The van der Waals surface area contributed by atoms with E-state index in [9.17, 15) is 9.59 Å². The Labute approximate surface area is 156 Å². The minimum atomic E-state index is -0.657. The first-order chi connectivity index (χ1) is 13.1. The van der Waals surface area contributed by atoms with Crippen LogP contribution >= 0.6 is 0 Å². The van der Waals surface area contributed by atoms with Gasteiger partial charge in [-0.1, -0.05) is 48.5 Å². The molecule has 3 aromatic carbocycles. The third-order valence-corrected chi connectivity index (χ3v) is 4.72. The molecule has 134 valence electrons. The summed E-state index contributed by atoms with van der Waals surface area (Å²) in [4.78, 5) is 24.9. The molecule has 0 fully saturated rings. The molecule has 0 bridgehead atoms. The van der Waals surface area contributed by atoms with Crippen LogP contribution in [0, 0.1) is 6.92 Å². The van der Waals surface area contributed by atoms with Gasteiger partial charge in [-0.15, -0.1) is 0 Å². The number of benzene rings is 3. The lowest BCUT2D eigenvalue weighted by Gasteiger charge is -2.16. The summed E-state index contributed by atoms with van der Waals surface area (Å²) in [5.74, 6) is 0.424. The molecule has 1 atom stereocenters. The summed E-state index contributed by atoms with van der Waals surface area (Å²) in [6.45, 7) is 3.55. The second-order valence-electron chi connectivity index (χ2n) is 6.49.